The molecule has 0 spiro atoms. The van der Waals surface area contributed by atoms with Crippen LogP contribution in [0.3, 0.4) is 0 Å². The van der Waals surface area contributed by atoms with E-state index < -0.39 is 29.8 Å². The zero-order valence-corrected chi connectivity index (χ0v) is 17.2. The molecule has 0 bridgehead atoms. The fourth-order valence-corrected chi connectivity index (χ4v) is 3.31. The monoisotopic (exact) mass is 478 g/mol. The lowest BCUT2D eigenvalue weighted by atomic mass is 9.95. The molecule has 1 aliphatic rings. The molecule has 1 atom stereocenters. The average molecular weight is 480 g/mol. The van der Waals surface area contributed by atoms with Gasteiger partial charge in [0.05, 0.1) is 11.1 Å². The van der Waals surface area contributed by atoms with E-state index >= 15 is 0 Å². The van der Waals surface area contributed by atoms with E-state index in [0.717, 1.165) is 24.3 Å². The minimum atomic E-state index is -4.81. The van der Waals surface area contributed by atoms with Crippen molar-refractivity contribution in [2.45, 2.75) is 12.4 Å². The number of halogens is 8. The molecule has 1 fully saturated rings. The lowest BCUT2D eigenvalue weighted by molar-refractivity contribution is -0.274. The molecule has 1 N–H and O–H groups in total. The predicted octanol–water partition coefficient (Wildman–Crippen LogP) is 5.36. The van der Waals surface area contributed by atoms with Crippen molar-refractivity contribution in [1.29, 1.82) is 0 Å². The highest BCUT2D eigenvalue weighted by molar-refractivity contribution is 6.30. The molecular formula is C18H18Cl3F5N2O. The second-order valence-corrected chi connectivity index (χ2v) is 6.47. The van der Waals surface area contributed by atoms with Gasteiger partial charge in [-0.25, -0.2) is 8.78 Å². The topological polar surface area (TPSA) is 24.5 Å². The van der Waals surface area contributed by atoms with Gasteiger partial charge in [-0.3, -0.25) is 4.90 Å². The van der Waals surface area contributed by atoms with E-state index in [1.165, 1.54) is 12.1 Å². The first-order valence-corrected chi connectivity index (χ1v) is 8.58. The van der Waals surface area contributed by atoms with E-state index in [1.807, 2.05) is 4.90 Å². The number of hydrogen-bond acceptors (Lipinski definition) is 3. The molecule has 1 heterocycles. The van der Waals surface area contributed by atoms with E-state index in [-0.39, 0.29) is 35.4 Å². The Kier molecular flexibility index (Phi) is 9.43. The van der Waals surface area contributed by atoms with E-state index in [0.29, 0.717) is 31.7 Å². The Labute approximate surface area is 182 Å². The summed E-state index contributed by atoms with van der Waals surface area (Å²) in [6, 6.07) is 6.37. The Hall–Kier alpha value is -1.32. The second-order valence-electron chi connectivity index (χ2n) is 6.06. The molecule has 2 aromatic carbocycles. The van der Waals surface area contributed by atoms with Crippen LogP contribution in [-0.2, 0) is 0 Å². The molecule has 1 aliphatic heterocycles. The van der Waals surface area contributed by atoms with Crippen LogP contribution >= 0.6 is 36.4 Å². The molecule has 0 aromatic heterocycles. The van der Waals surface area contributed by atoms with Crippen molar-refractivity contribution in [2.24, 2.45) is 0 Å². The van der Waals surface area contributed by atoms with E-state index in [2.05, 4.69) is 10.1 Å². The van der Waals surface area contributed by atoms with Crippen LogP contribution in [0, 0.1) is 11.6 Å². The van der Waals surface area contributed by atoms with E-state index in [1.54, 1.807) is 0 Å². The molecule has 3 rings (SSSR count). The van der Waals surface area contributed by atoms with Gasteiger partial charge in [0, 0.05) is 31.7 Å². The lowest BCUT2D eigenvalue weighted by Crippen LogP contribution is -2.45. The summed E-state index contributed by atoms with van der Waals surface area (Å²) in [6.07, 6.45) is -4.81. The van der Waals surface area contributed by atoms with Gasteiger partial charge >= 0.3 is 6.36 Å². The Morgan fingerprint density at radius 3 is 2.10 bits per heavy atom. The summed E-state index contributed by atoms with van der Waals surface area (Å²) in [7, 11) is 0. The summed E-state index contributed by atoms with van der Waals surface area (Å²) < 4.78 is 70.1. The summed E-state index contributed by atoms with van der Waals surface area (Å²) in [6.45, 7) is 2.26. The fourth-order valence-electron chi connectivity index (χ4n) is 3.15. The second kappa shape index (κ2) is 10.6. The third-order valence-electron chi connectivity index (χ3n) is 4.30. The molecule has 0 amide bonds. The van der Waals surface area contributed by atoms with Crippen molar-refractivity contribution in [3.05, 3.63) is 64.2 Å². The summed E-state index contributed by atoms with van der Waals surface area (Å²) in [4.78, 5) is 1.86. The first kappa shape index (κ1) is 25.7. The molecule has 162 valence electrons. The van der Waals surface area contributed by atoms with Crippen molar-refractivity contribution < 1.29 is 26.7 Å². The van der Waals surface area contributed by atoms with Gasteiger partial charge in [-0.05, 0) is 29.8 Å². The molecule has 0 unspecified atom stereocenters. The Bertz CT molecular complexity index is 799. The van der Waals surface area contributed by atoms with Gasteiger partial charge < -0.3 is 10.1 Å². The van der Waals surface area contributed by atoms with Crippen LogP contribution < -0.4 is 10.1 Å². The third kappa shape index (κ3) is 6.33. The molecule has 0 saturated carbocycles. The maximum Gasteiger partial charge on any atom is 0.573 e. The van der Waals surface area contributed by atoms with Gasteiger partial charge in [-0.2, -0.15) is 0 Å². The molecule has 11 heteroatoms. The average Bonchev–Trinajstić information content (AvgIpc) is 2.62. The van der Waals surface area contributed by atoms with Gasteiger partial charge in [0.25, 0.3) is 0 Å². The smallest absolute Gasteiger partial charge is 0.406 e. The molecular weight excluding hydrogens is 462 g/mol. The first-order valence-electron chi connectivity index (χ1n) is 8.20. The Morgan fingerprint density at radius 1 is 0.966 bits per heavy atom. The summed E-state index contributed by atoms with van der Waals surface area (Å²) in [5.41, 5.74) is 0.209. The predicted molar refractivity (Wildman–Crippen MR) is 105 cm³/mol. The molecule has 3 nitrogen and oxygen atoms in total. The van der Waals surface area contributed by atoms with Gasteiger partial charge in [0.1, 0.15) is 17.4 Å². The zero-order valence-electron chi connectivity index (χ0n) is 14.8. The molecule has 0 radical (unpaired) electrons. The van der Waals surface area contributed by atoms with Crippen LogP contribution in [0.5, 0.6) is 5.75 Å². The highest BCUT2D eigenvalue weighted by atomic mass is 35.5. The number of benzene rings is 2. The molecule has 29 heavy (non-hydrogen) atoms. The minimum absolute atomic E-state index is 0. The number of alkyl halides is 3. The van der Waals surface area contributed by atoms with Crippen LogP contribution in [0.2, 0.25) is 5.02 Å². The number of nitrogens with one attached hydrogen (secondary N) is 1. The molecule has 2 aromatic rings. The van der Waals surface area contributed by atoms with Gasteiger partial charge in [0.2, 0.25) is 0 Å². The molecule has 1 saturated heterocycles. The van der Waals surface area contributed by atoms with Crippen LogP contribution in [0.25, 0.3) is 0 Å². The minimum Gasteiger partial charge on any atom is -0.406 e. The normalized spacial score (nSPS) is 15.8. The Morgan fingerprint density at radius 2 is 1.55 bits per heavy atom. The fraction of sp³-hybridized carbons (Fsp3) is 0.333. The highest BCUT2D eigenvalue weighted by Crippen LogP contribution is 2.36. The standard InChI is InChI=1S/C18H16ClF5N2O.2ClH/c19-13-5-6-14(20)15(16(13)21)17(26-9-7-25-8-10-26)11-1-3-12(4-2-11)27-18(22,23)24;;/h1-6,17,25H,7-10H2;2*1H/t17-;;/m0../s1. The van der Waals surface area contributed by atoms with E-state index in [9.17, 15) is 22.0 Å². The van der Waals surface area contributed by atoms with E-state index in [4.69, 9.17) is 11.6 Å². The van der Waals surface area contributed by atoms with Gasteiger partial charge in [0.15, 0.2) is 0 Å². The van der Waals surface area contributed by atoms with Crippen molar-refractivity contribution >= 4 is 36.4 Å². The lowest BCUT2D eigenvalue weighted by Gasteiger charge is -2.36. The van der Waals surface area contributed by atoms with Crippen LogP contribution in [0.1, 0.15) is 17.2 Å². The van der Waals surface area contributed by atoms with Crippen molar-refractivity contribution in [3.8, 4) is 5.75 Å². The highest BCUT2D eigenvalue weighted by Gasteiger charge is 2.32. The quantitative estimate of drug-likeness (QED) is 0.472. The first-order chi connectivity index (χ1) is 12.8. The summed E-state index contributed by atoms with van der Waals surface area (Å²) >= 11 is 5.84. The maximum absolute atomic E-state index is 14.7. The SMILES string of the molecule is Cl.Cl.Fc1ccc(Cl)c(F)c1[C@H](c1ccc(OC(F)(F)F)cc1)N1CCNCC1. The number of ether oxygens (including phenoxy) is 1. The number of piperazine rings is 1. The summed E-state index contributed by atoms with van der Waals surface area (Å²) in [5, 5.41) is 2.93. The number of hydrogen-bond donors (Lipinski definition) is 1. The number of nitrogens with zero attached hydrogens (tertiary/aromatic N) is 1. The number of rotatable bonds is 4. The maximum atomic E-state index is 14.7. The van der Waals surface area contributed by atoms with Gasteiger partial charge in [-0.1, -0.05) is 23.7 Å². The largest absolute Gasteiger partial charge is 0.573 e. The van der Waals surface area contributed by atoms with Gasteiger partial charge in [-0.15, -0.1) is 38.0 Å². The molecule has 0 aliphatic carbocycles. The van der Waals surface area contributed by atoms with Crippen LogP contribution in [-0.4, -0.2) is 37.4 Å². The third-order valence-corrected chi connectivity index (χ3v) is 4.59. The summed E-state index contributed by atoms with van der Waals surface area (Å²) in [5.74, 6) is -2.05. The Balaban J connectivity index is 0.00000210. The van der Waals surface area contributed by atoms with Crippen LogP contribution in [0.4, 0.5) is 22.0 Å². The van der Waals surface area contributed by atoms with Crippen molar-refractivity contribution in [1.82, 2.24) is 10.2 Å². The van der Waals surface area contributed by atoms with Crippen LogP contribution in [0.15, 0.2) is 36.4 Å². The van der Waals surface area contributed by atoms with Crippen molar-refractivity contribution in [2.75, 3.05) is 26.2 Å². The van der Waals surface area contributed by atoms with Crippen molar-refractivity contribution in [3.63, 3.8) is 0 Å². The zero-order chi connectivity index (χ0) is 19.6.